The van der Waals surface area contributed by atoms with Crippen LogP contribution in [0.1, 0.15) is 40.0 Å². The molecular formula is C14H21Br2NO2S. The molecule has 1 atom stereocenters. The monoisotopic (exact) mass is 425 g/mol. The van der Waals surface area contributed by atoms with Gasteiger partial charge >= 0.3 is 0 Å². The van der Waals surface area contributed by atoms with Crippen molar-refractivity contribution in [1.82, 2.24) is 4.31 Å². The predicted molar refractivity (Wildman–Crippen MR) is 90.4 cm³/mol. The number of benzene rings is 1. The number of nitrogens with zero attached hydrogens (tertiary/aromatic N) is 1. The predicted octanol–water partition coefficient (Wildman–Crippen LogP) is 4.80. The summed E-state index contributed by atoms with van der Waals surface area (Å²) in [5.41, 5.74) is 0. The summed E-state index contributed by atoms with van der Waals surface area (Å²) in [5.74, 6) is 0. The average Bonchev–Trinajstić information content (AvgIpc) is 2.38. The molecule has 114 valence electrons. The molecule has 0 spiro atoms. The first-order valence-corrected chi connectivity index (χ1v) is 9.84. The highest BCUT2D eigenvalue weighted by atomic mass is 79.9. The number of unbranched alkanes of at least 4 members (excludes halogenated alkanes) is 1. The minimum atomic E-state index is -3.47. The number of halogens is 2. The topological polar surface area (TPSA) is 37.4 Å². The molecule has 1 aromatic rings. The Hall–Kier alpha value is 0.0900. The summed E-state index contributed by atoms with van der Waals surface area (Å²) in [5, 5.41) is 0. The first kappa shape index (κ1) is 18.1. The number of hydrogen-bond donors (Lipinski definition) is 0. The molecular weight excluding hydrogens is 406 g/mol. The van der Waals surface area contributed by atoms with Crippen molar-refractivity contribution in [3.63, 3.8) is 0 Å². The molecule has 0 fully saturated rings. The standard InChI is InChI=1S/C14H21Br2NO2S/c1-4-6-9-17(11(3)5-2)20(18,19)14-8-7-12(15)10-13(14)16/h7-8,10-11H,4-6,9H2,1-3H3. The zero-order chi connectivity index (χ0) is 15.3. The molecule has 0 saturated heterocycles. The summed E-state index contributed by atoms with van der Waals surface area (Å²) < 4.78 is 28.8. The van der Waals surface area contributed by atoms with Gasteiger partial charge in [0.25, 0.3) is 0 Å². The van der Waals surface area contributed by atoms with Crippen LogP contribution in [0.2, 0.25) is 0 Å². The van der Waals surface area contributed by atoms with E-state index in [1.54, 1.807) is 22.5 Å². The third kappa shape index (κ3) is 4.29. The Morgan fingerprint density at radius 1 is 1.25 bits per heavy atom. The molecule has 0 N–H and O–H groups in total. The van der Waals surface area contributed by atoms with E-state index in [2.05, 4.69) is 38.8 Å². The van der Waals surface area contributed by atoms with E-state index in [9.17, 15) is 8.42 Å². The fourth-order valence-corrected chi connectivity index (χ4v) is 5.36. The Balaban J connectivity index is 3.21. The molecule has 0 amide bonds. The van der Waals surface area contributed by atoms with Gasteiger partial charge in [0.15, 0.2) is 0 Å². The molecule has 1 unspecified atom stereocenters. The number of rotatable bonds is 7. The average molecular weight is 427 g/mol. The highest BCUT2D eigenvalue weighted by Gasteiger charge is 2.29. The van der Waals surface area contributed by atoms with E-state index < -0.39 is 10.0 Å². The number of sulfonamides is 1. The molecule has 0 aliphatic carbocycles. The minimum Gasteiger partial charge on any atom is -0.207 e. The highest BCUT2D eigenvalue weighted by Crippen LogP contribution is 2.29. The van der Waals surface area contributed by atoms with Gasteiger partial charge in [0.05, 0.1) is 4.90 Å². The summed E-state index contributed by atoms with van der Waals surface area (Å²) in [7, 11) is -3.47. The molecule has 0 bridgehead atoms. The van der Waals surface area contributed by atoms with Crippen LogP contribution in [0.4, 0.5) is 0 Å². The third-order valence-corrected chi connectivity index (χ3v) is 6.78. The van der Waals surface area contributed by atoms with E-state index in [0.717, 1.165) is 23.7 Å². The second-order valence-electron chi connectivity index (χ2n) is 4.80. The van der Waals surface area contributed by atoms with Crippen LogP contribution < -0.4 is 0 Å². The molecule has 0 saturated carbocycles. The van der Waals surface area contributed by atoms with E-state index in [-0.39, 0.29) is 6.04 Å². The second kappa shape index (κ2) is 7.92. The zero-order valence-corrected chi connectivity index (χ0v) is 16.1. The van der Waals surface area contributed by atoms with Crippen LogP contribution in [0, 0.1) is 0 Å². The summed E-state index contributed by atoms with van der Waals surface area (Å²) in [4.78, 5) is 0.331. The normalized spacial score (nSPS) is 13.7. The molecule has 0 aliphatic rings. The summed E-state index contributed by atoms with van der Waals surface area (Å²) in [6, 6.07) is 5.17. The SMILES string of the molecule is CCCCN(C(C)CC)S(=O)(=O)c1ccc(Br)cc1Br. The molecule has 0 aliphatic heterocycles. The van der Waals surface area contributed by atoms with E-state index in [1.165, 1.54) is 0 Å². The minimum absolute atomic E-state index is 0.00194. The van der Waals surface area contributed by atoms with Crippen LogP contribution in [0.25, 0.3) is 0 Å². The first-order valence-electron chi connectivity index (χ1n) is 6.81. The van der Waals surface area contributed by atoms with Gasteiger partial charge in [-0.05, 0) is 53.9 Å². The lowest BCUT2D eigenvalue weighted by atomic mass is 10.2. The maximum Gasteiger partial charge on any atom is 0.244 e. The molecule has 0 aromatic heterocycles. The smallest absolute Gasteiger partial charge is 0.207 e. The van der Waals surface area contributed by atoms with E-state index in [1.807, 2.05) is 13.8 Å². The maximum absolute atomic E-state index is 12.9. The third-order valence-electron chi connectivity index (χ3n) is 3.30. The van der Waals surface area contributed by atoms with Gasteiger partial charge in [-0.1, -0.05) is 36.2 Å². The fourth-order valence-electron chi connectivity index (χ4n) is 1.91. The number of hydrogen-bond acceptors (Lipinski definition) is 2. The Morgan fingerprint density at radius 3 is 2.40 bits per heavy atom. The maximum atomic E-state index is 12.9. The zero-order valence-electron chi connectivity index (χ0n) is 12.1. The van der Waals surface area contributed by atoms with E-state index in [4.69, 9.17) is 0 Å². The fraction of sp³-hybridized carbons (Fsp3) is 0.571. The summed E-state index contributed by atoms with van der Waals surface area (Å²) in [6.07, 6.45) is 2.65. The summed E-state index contributed by atoms with van der Waals surface area (Å²) in [6.45, 7) is 6.60. The van der Waals surface area contributed by atoms with E-state index in [0.29, 0.717) is 15.9 Å². The molecule has 20 heavy (non-hydrogen) atoms. The molecule has 0 radical (unpaired) electrons. The Kier molecular flexibility index (Phi) is 7.18. The molecule has 6 heteroatoms. The van der Waals surface area contributed by atoms with Crippen molar-refractivity contribution in [3.05, 3.63) is 27.1 Å². The van der Waals surface area contributed by atoms with Gasteiger partial charge in [-0.15, -0.1) is 0 Å². The molecule has 0 heterocycles. The van der Waals surface area contributed by atoms with Crippen LogP contribution in [-0.2, 0) is 10.0 Å². The largest absolute Gasteiger partial charge is 0.244 e. The van der Waals surface area contributed by atoms with Gasteiger partial charge in [0.2, 0.25) is 10.0 Å². The quantitative estimate of drug-likeness (QED) is 0.627. The van der Waals surface area contributed by atoms with E-state index >= 15 is 0 Å². The second-order valence-corrected chi connectivity index (χ2v) is 8.43. The van der Waals surface area contributed by atoms with Crippen LogP contribution >= 0.6 is 31.9 Å². The van der Waals surface area contributed by atoms with Gasteiger partial charge < -0.3 is 0 Å². The van der Waals surface area contributed by atoms with Crippen molar-refractivity contribution in [2.75, 3.05) is 6.54 Å². The lowest BCUT2D eigenvalue weighted by Gasteiger charge is -2.28. The Morgan fingerprint density at radius 2 is 1.90 bits per heavy atom. The Bertz CT molecular complexity index is 546. The molecule has 1 rings (SSSR count). The van der Waals surface area contributed by atoms with Crippen molar-refractivity contribution in [1.29, 1.82) is 0 Å². The van der Waals surface area contributed by atoms with Crippen LogP contribution in [-0.4, -0.2) is 25.3 Å². The van der Waals surface area contributed by atoms with Gasteiger partial charge in [-0.25, -0.2) is 8.42 Å². The molecule has 3 nitrogen and oxygen atoms in total. The van der Waals surface area contributed by atoms with Gasteiger partial charge in [-0.3, -0.25) is 0 Å². The van der Waals surface area contributed by atoms with Gasteiger partial charge in [0, 0.05) is 21.5 Å². The van der Waals surface area contributed by atoms with Crippen molar-refractivity contribution in [3.8, 4) is 0 Å². The van der Waals surface area contributed by atoms with Crippen LogP contribution in [0.15, 0.2) is 32.0 Å². The van der Waals surface area contributed by atoms with Crippen molar-refractivity contribution >= 4 is 41.9 Å². The lowest BCUT2D eigenvalue weighted by Crippen LogP contribution is -2.39. The first-order chi connectivity index (χ1) is 9.34. The Labute approximate surface area is 139 Å². The lowest BCUT2D eigenvalue weighted by molar-refractivity contribution is 0.324. The molecule has 1 aromatic carbocycles. The summed E-state index contributed by atoms with van der Waals surface area (Å²) >= 11 is 6.70. The van der Waals surface area contributed by atoms with Gasteiger partial charge in [-0.2, -0.15) is 4.31 Å². The van der Waals surface area contributed by atoms with Crippen LogP contribution in [0.5, 0.6) is 0 Å². The highest BCUT2D eigenvalue weighted by molar-refractivity contribution is 9.11. The van der Waals surface area contributed by atoms with Crippen molar-refractivity contribution in [2.45, 2.75) is 51.0 Å². The van der Waals surface area contributed by atoms with Crippen LogP contribution in [0.3, 0.4) is 0 Å². The van der Waals surface area contributed by atoms with Crippen molar-refractivity contribution in [2.24, 2.45) is 0 Å². The van der Waals surface area contributed by atoms with Gasteiger partial charge in [0.1, 0.15) is 0 Å². The van der Waals surface area contributed by atoms with Crippen molar-refractivity contribution < 1.29 is 8.42 Å².